The summed E-state index contributed by atoms with van der Waals surface area (Å²) in [5, 5.41) is 3.18. The van der Waals surface area contributed by atoms with E-state index in [0.717, 1.165) is 11.1 Å². The van der Waals surface area contributed by atoms with E-state index in [2.05, 4.69) is 5.32 Å². The molecule has 2 aromatic rings. The zero-order valence-corrected chi connectivity index (χ0v) is 15.2. The lowest BCUT2D eigenvalue weighted by Gasteiger charge is -2.22. The van der Waals surface area contributed by atoms with Crippen molar-refractivity contribution < 1.29 is 19.0 Å². The summed E-state index contributed by atoms with van der Waals surface area (Å²) in [4.78, 5) is 21.6. The Morgan fingerprint density at radius 1 is 1.08 bits per heavy atom. The predicted octanol–water partition coefficient (Wildman–Crippen LogP) is 3.55. The van der Waals surface area contributed by atoms with Crippen LogP contribution in [-0.2, 0) is 14.1 Å². The molecule has 0 aliphatic heterocycles. The van der Waals surface area contributed by atoms with Gasteiger partial charge in [-0.05, 0) is 18.1 Å². The first-order chi connectivity index (χ1) is 12.0. The molecule has 0 spiro atoms. The molecule has 0 heterocycles. The number of nitrogens with one attached hydrogen (secondary N) is 1. The monoisotopic (exact) mass is 361 g/mol. The van der Waals surface area contributed by atoms with Crippen molar-refractivity contribution in [2.24, 2.45) is 0 Å². The van der Waals surface area contributed by atoms with Crippen LogP contribution in [0.2, 0.25) is 0 Å². The highest BCUT2D eigenvalue weighted by Gasteiger charge is 2.23. The van der Waals surface area contributed by atoms with E-state index in [1.807, 2.05) is 60.7 Å². The highest BCUT2D eigenvalue weighted by molar-refractivity contribution is 7.57. The summed E-state index contributed by atoms with van der Waals surface area (Å²) < 4.78 is 17.2. The normalized spacial score (nSPS) is 13.4. The molecule has 0 aromatic heterocycles. The van der Waals surface area contributed by atoms with Gasteiger partial charge in [0.05, 0.1) is 25.4 Å². The van der Waals surface area contributed by atoms with Crippen LogP contribution in [0, 0.1) is 0 Å². The molecule has 0 saturated heterocycles. The summed E-state index contributed by atoms with van der Waals surface area (Å²) in [7, 11) is -3.48. The highest BCUT2D eigenvalue weighted by atomic mass is 31.2. The SMILES string of the molecule is CCOC(=O)CCP(=O)(O)CNC(c1ccccc1)c1ccccc1. The summed E-state index contributed by atoms with van der Waals surface area (Å²) in [5.41, 5.74) is 2.03. The first-order valence-corrected chi connectivity index (χ1v) is 10.3. The largest absolute Gasteiger partial charge is 0.466 e. The third-order valence-electron chi connectivity index (χ3n) is 3.78. The maximum Gasteiger partial charge on any atom is 0.306 e. The Morgan fingerprint density at radius 3 is 2.08 bits per heavy atom. The third-order valence-corrected chi connectivity index (χ3v) is 5.38. The van der Waals surface area contributed by atoms with Crippen LogP contribution in [0.3, 0.4) is 0 Å². The summed E-state index contributed by atoms with van der Waals surface area (Å²) in [6, 6.07) is 19.3. The van der Waals surface area contributed by atoms with Crippen LogP contribution in [-0.4, -0.2) is 29.9 Å². The van der Waals surface area contributed by atoms with E-state index >= 15 is 0 Å². The van der Waals surface area contributed by atoms with E-state index in [-0.39, 0.29) is 31.5 Å². The molecular weight excluding hydrogens is 337 g/mol. The van der Waals surface area contributed by atoms with Crippen molar-refractivity contribution in [3.05, 3.63) is 71.8 Å². The Morgan fingerprint density at radius 2 is 1.60 bits per heavy atom. The number of rotatable bonds is 9. The van der Waals surface area contributed by atoms with Gasteiger partial charge < -0.3 is 9.63 Å². The topological polar surface area (TPSA) is 75.6 Å². The van der Waals surface area contributed by atoms with Crippen LogP contribution in [0.15, 0.2) is 60.7 Å². The molecule has 1 unspecified atom stereocenters. The first kappa shape index (κ1) is 19.4. The van der Waals surface area contributed by atoms with Crippen molar-refractivity contribution in [2.75, 3.05) is 19.1 Å². The molecule has 5 nitrogen and oxygen atoms in total. The fraction of sp³-hybridized carbons (Fsp3) is 0.316. The van der Waals surface area contributed by atoms with Gasteiger partial charge in [0.1, 0.15) is 0 Å². The molecule has 2 rings (SSSR count). The Labute approximate surface area is 148 Å². The maximum absolute atomic E-state index is 12.4. The van der Waals surface area contributed by atoms with Gasteiger partial charge in [0.2, 0.25) is 7.37 Å². The number of esters is 1. The average molecular weight is 361 g/mol. The lowest BCUT2D eigenvalue weighted by atomic mass is 9.99. The van der Waals surface area contributed by atoms with E-state index in [1.165, 1.54) is 0 Å². The molecule has 0 fully saturated rings. The molecule has 2 aromatic carbocycles. The lowest BCUT2D eigenvalue weighted by Crippen LogP contribution is -2.24. The molecule has 134 valence electrons. The second-order valence-electron chi connectivity index (χ2n) is 5.74. The zero-order chi connectivity index (χ0) is 18.1. The van der Waals surface area contributed by atoms with Crippen LogP contribution >= 0.6 is 7.37 Å². The van der Waals surface area contributed by atoms with Crippen LogP contribution in [0.5, 0.6) is 0 Å². The van der Waals surface area contributed by atoms with Gasteiger partial charge >= 0.3 is 5.97 Å². The van der Waals surface area contributed by atoms with Crippen molar-refractivity contribution in [2.45, 2.75) is 19.4 Å². The van der Waals surface area contributed by atoms with Crippen molar-refractivity contribution in [1.29, 1.82) is 0 Å². The van der Waals surface area contributed by atoms with E-state index < -0.39 is 13.3 Å². The van der Waals surface area contributed by atoms with Gasteiger partial charge in [-0.2, -0.15) is 0 Å². The Kier molecular flexibility index (Phi) is 7.38. The number of carbonyl (C=O) groups excluding carboxylic acids is 1. The lowest BCUT2D eigenvalue weighted by molar-refractivity contribution is -0.142. The number of hydrogen-bond acceptors (Lipinski definition) is 4. The molecule has 25 heavy (non-hydrogen) atoms. The van der Waals surface area contributed by atoms with Gasteiger partial charge in [-0.1, -0.05) is 60.7 Å². The minimum atomic E-state index is -3.48. The second-order valence-corrected chi connectivity index (χ2v) is 8.20. The number of carbonyl (C=O) groups is 1. The summed E-state index contributed by atoms with van der Waals surface area (Å²) in [5.74, 6) is -0.445. The fourth-order valence-corrected chi connectivity index (χ4v) is 3.69. The molecule has 1 atom stereocenters. The average Bonchev–Trinajstić information content (AvgIpc) is 2.62. The van der Waals surface area contributed by atoms with Gasteiger partial charge in [-0.15, -0.1) is 0 Å². The standard InChI is InChI=1S/C19H24NO4P/c1-2-24-18(21)13-14-25(22,23)15-20-19(16-9-5-3-6-10-16)17-11-7-4-8-12-17/h3-12,19-20H,2,13-15H2,1H3,(H,22,23). The number of benzene rings is 2. The van der Waals surface area contributed by atoms with Crippen molar-refractivity contribution in [1.82, 2.24) is 5.32 Å². The molecule has 0 amide bonds. The second kappa shape index (κ2) is 9.52. The van der Waals surface area contributed by atoms with Gasteiger partial charge in [0.15, 0.2) is 0 Å². The van der Waals surface area contributed by atoms with E-state index in [9.17, 15) is 14.3 Å². The number of hydrogen-bond donors (Lipinski definition) is 2. The Balaban J connectivity index is 2.05. The smallest absolute Gasteiger partial charge is 0.306 e. The highest BCUT2D eigenvalue weighted by Crippen LogP contribution is 2.40. The Hall–Kier alpha value is -1.94. The van der Waals surface area contributed by atoms with Gasteiger partial charge in [0.25, 0.3) is 0 Å². The van der Waals surface area contributed by atoms with Crippen LogP contribution in [0.4, 0.5) is 0 Å². The van der Waals surface area contributed by atoms with Crippen molar-refractivity contribution >= 4 is 13.3 Å². The van der Waals surface area contributed by atoms with Gasteiger partial charge in [-0.25, -0.2) is 0 Å². The van der Waals surface area contributed by atoms with Gasteiger partial charge in [-0.3, -0.25) is 14.7 Å². The van der Waals surface area contributed by atoms with E-state index in [1.54, 1.807) is 6.92 Å². The molecular formula is C19H24NO4P. The zero-order valence-electron chi connectivity index (χ0n) is 14.3. The summed E-state index contributed by atoms with van der Waals surface area (Å²) >= 11 is 0. The summed E-state index contributed by atoms with van der Waals surface area (Å²) in [6.45, 7) is 1.99. The van der Waals surface area contributed by atoms with Crippen LogP contribution in [0.1, 0.15) is 30.5 Å². The number of ether oxygens (including phenoxy) is 1. The maximum atomic E-state index is 12.4. The summed E-state index contributed by atoms with van der Waals surface area (Å²) in [6.07, 6.45) is -0.208. The predicted molar refractivity (Wildman–Crippen MR) is 98.7 cm³/mol. The van der Waals surface area contributed by atoms with E-state index in [0.29, 0.717) is 0 Å². The molecule has 0 aliphatic rings. The minimum absolute atomic E-state index is 0.0510. The van der Waals surface area contributed by atoms with E-state index in [4.69, 9.17) is 4.74 Å². The molecule has 6 heteroatoms. The molecule has 0 aliphatic carbocycles. The minimum Gasteiger partial charge on any atom is -0.466 e. The van der Waals surface area contributed by atoms with Gasteiger partial charge in [0, 0.05) is 6.16 Å². The van der Waals surface area contributed by atoms with Crippen molar-refractivity contribution in [3.8, 4) is 0 Å². The molecule has 0 saturated carbocycles. The van der Waals surface area contributed by atoms with Crippen molar-refractivity contribution in [3.63, 3.8) is 0 Å². The first-order valence-electron chi connectivity index (χ1n) is 8.31. The Bertz CT molecular complexity index is 666. The van der Waals surface area contributed by atoms with Crippen LogP contribution in [0.25, 0.3) is 0 Å². The molecule has 0 radical (unpaired) electrons. The molecule has 0 bridgehead atoms. The fourth-order valence-electron chi connectivity index (χ4n) is 2.53. The quantitative estimate of drug-likeness (QED) is 0.528. The van der Waals surface area contributed by atoms with Crippen LogP contribution < -0.4 is 5.32 Å². The third kappa shape index (κ3) is 6.46. The molecule has 2 N–H and O–H groups in total.